The van der Waals surface area contributed by atoms with Crippen molar-refractivity contribution in [3.8, 4) is 0 Å². The fourth-order valence-corrected chi connectivity index (χ4v) is 5.69. The highest BCUT2D eigenvalue weighted by molar-refractivity contribution is 5.94. The summed E-state index contributed by atoms with van der Waals surface area (Å²) in [5, 5.41) is 37.1. The summed E-state index contributed by atoms with van der Waals surface area (Å²) < 4.78 is 0. The number of rotatable bonds is 34. The van der Waals surface area contributed by atoms with Gasteiger partial charge in [-0.25, -0.2) is 0 Å². The summed E-state index contributed by atoms with van der Waals surface area (Å²) in [5.74, 6) is -13.7. The average molecular weight is 882 g/mol. The molecule has 0 fully saturated rings. The van der Waals surface area contributed by atoms with Crippen LogP contribution in [0.3, 0.4) is 0 Å². The number of nitrogens with zero attached hydrogens (tertiary/aromatic N) is 4. The molecule has 63 heavy (non-hydrogen) atoms. The predicted molar refractivity (Wildman–Crippen MR) is 244 cm³/mol. The number of nitrogens with one attached hydrogen (secondary N) is 1. The molecule has 0 aliphatic heterocycles. The first kappa shape index (κ1) is 60.4. The van der Waals surface area contributed by atoms with Gasteiger partial charge in [0.15, 0.2) is 0 Å². The minimum absolute atomic E-state index is 0.176. The fourth-order valence-electron chi connectivity index (χ4n) is 5.69. The number of amides is 4. The molecule has 0 radical (unpaired) electrons. The molecule has 17 heteroatoms. The summed E-state index contributed by atoms with van der Waals surface area (Å²) in [6.07, 6.45) is 13.7. The Kier molecular flexibility index (Phi) is 35.4. The fraction of sp³-hybridized carbons (Fsp3) is 0.391. The number of carboxylic acids is 4. The van der Waals surface area contributed by atoms with Crippen LogP contribution in [0.25, 0.3) is 0 Å². The van der Waals surface area contributed by atoms with Crippen LogP contribution in [0.5, 0.6) is 0 Å². The highest BCUT2D eigenvalue weighted by Crippen LogP contribution is 2.28. The lowest BCUT2D eigenvalue weighted by Gasteiger charge is -2.34. The maximum absolute atomic E-state index is 14.0. The zero-order valence-electron chi connectivity index (χ0n) is 36.4. The lowest BCUT2D eigenvalue weighted by molar-refractivity contribution is -0.160. The largest absolute Gasteiger partial charge is 0.481 e. The molecule has 4 amide bonds. The first-order valence-electron chi connectivity index (χ1n) is 19.7. The molecule has 0 aliphatic rings. The number of carboxylic acid groups (broad SMARTS) is 4. The molecule has 0 saturated heterocycles. The van der Waals surface area contributed by atoms with Gasteiger partial charge in [0, 0.05) is 78.3 Å². The van der Waals surface area contributed by atoms with Crippen molar-refractivity contribution in [1.29, 1.82) is 0 Å². The molecule has 17 nitrogen and oxygen atoms in total. The van der Waals surface area contributed by atoms with Crippen LogP contribution in [0.4, 0.5) is 0 Å². The summed E-state index contributed by atoms with van der Waals surface area (Å²) >= 11 is 0. The van der Waals surface area contributed by atoms with E-state index in [0.717, 1.165) is 13.1 Å². The summed E-state index contributed by atoms with van der Waals surface area (Å²) in [7, 11) is 0. The molecule has 4 unspecified atom stereocenters. The Labute approximate surface area is 371 Å². The normalized spacial score (nSPS) is 11.7. The Hall–Kier alpha value is -6.88. The zero-order valence-corrected chi connectivity index (χ0v) is 36.4. The first-order chi connectivity index (χ1) is 29.9. The van der Waals surface area contributed by atoms with Crippen molar-refractivity contribution in [1.82, 2.24) is 24.9 Å². The van der Waals surface area contributed by atoms with E-state index in [1.165, 1.54) is 19.6 Å². The molecule has 0 bridgehead atoms. The Morgan fingerprint density at radius 2 is 0.603 bits per heavy atom. The number of hydrogen-bond donors (Lipinski definition) is 5. The molecule has 0 spiro atoms. The van der Waals surface area contributed by atoms with Crippen LogP contribution >= 0.6 is 0 Å². The Bertz CT molecular complexity index is 1470. The molecule has 0 saturated carbocycles. The maximum Gasteiger partial charge on any atom is 0.307 e. The third-order valence-electron chi connectivity index (χ3n) is 8.52. The van der Waals surface area contributed by atoms with E-state index in [9.17, 15) is 38.4 Å². The van der Waals surface area contributed by atoms with Crippen molar-refractivity contribution in [3.63, 3.8) is 0 Å². The predicted octanol–water partition coefficient (Wildman–Crippen LogP) is 4.09. The van der Waals surface area contributed by atoms with Crippen LogP contribution in [0, 0.1) is 23.7 Å². The van der Waals surface area contributed by atoms with Gasteiger partial charge < -0.3 is 45.3 Å². The molecule has 348 valence electrons. The quantitative estimate of drug-likeness (QED) is 0.0453. The van der Waals surface area contributed by atoms with Gasteiger partial charge >= 0.3 is 23.9 Å². The standard InChI is InChI=1S/C32H46N4O4.C8H10O8.C6H11N/c1-9-17-33(18-10-2)29(37)25-27(31(39)35(21-13-5)22-14-6)28(32(40)36(23-15-7)24-16-8)26-30(38)34(19-11-3)20-12-4;9-5(10)1-3(7(13)14)4(8(15)16)2-6(11)12;1-3-5-7-6-4-2/h9-16,27-28H,1-8,17-26H2;3-4H,1-2H2,(H,9,10)(H,11,12)(H,13,14)(H,15,16);3-4,7H,1-2,5-6H2. The monoisotopic (exact) mass is 881 g/mol. The van der Waals surface area contributed by atoms with Crippen LogP contribution < -0.4 is 5.32 Å². The second-order valence-corrected chi connectivity index (χ2v) is 13.3. The zero-order chi connectivity index (χ0) is 48.9. The molecule has 0 rings (SSSR count). The van der Waals surface area contributed by atoms with Gasteiger partial charge in [-0.05, 0) is 0 Å². The SMILES string of the molecule is C=CCN(CC=C)C(=O)CC(C(=O)N(CC=C)CC=C)C(CC(=O)N(CC=C)CC=C)C(=O)N(CC=C)CC=C.C=CCNCC=C.O=C(O)CC(C(=O)O)C(CC(=O)O)C(=O)O. The maximum atomic E-state index is 14.0. The molecule has 0 aromatic carbocycles. The van der Waals surface area contributed by atoms with Crippen molar-refractivity contribution in [3.05, 3.63) is 127 Å². The van der Waals surface area contributed by atoms with Crippen molar-refractivity contribution in [2.24, 2.45) is 23.7 Å². The van der Waals surface area contributed by atoms with E-state index in [1.807, 2.05) is 12.2 Å². The molecule has 4 atom stereocenters. The van der Waals surface area contributed by atoms with Gasteiger partial charge in [-0.2, -0.15) is 0 Å². The molecular weight excluding hydrogens is 815 g/mol. The van der Waals surface area contributed by atoms with Gasteiger partial charge in [0.25, 0.3) is 0 Å². The Morgan fingerprint density at radius 3 is 0.794 bits per heavy atom. The minimum Gasteiger partial charge on any atom is -0.481 e. The lowest BCUT2D eigenvalue weighted by Crippen LogP contribution is -2.49. The van der Waals surface area contributed by atoms with Gasteiger partial charge in [-0.3, -0.25) is 38.4 Å². The third-order valence-corrected chi connectivity index (χ3v) is 8.52. The van der Waals surface area contributed by atoms with Gasteiger partial charge in [-0.15, -0.1) is 65.8 Å². The minimum atomic E-state index is -1.76. The van der Waals surface area contributed by atoms with Crippen molar-refractivity contribution < 1.29 is 58.8 Å². The molecule has 0 aliphatic carbocycles. The van der Waals surface area contributed by atoms with Gasteiger partial charge in [0.2, 0.25) is 23.6 Å². The van der Waals surface area contributed by atoms with Crippen molar-refractivity contribution >= 4 is 47.5 Å². The molecule has 5 N–H and O–H groups in total. The first-order valence-corrected chi connectivity index (χ1v) is 19.7. The van der Waals surface area contributed by atoms with Crippen molar-refractivity contribution in [2.75, 3.05) is 65.4 Å². The molecular formula is C46H67N5O12. The summed E-state index contributed by atoms with van der Waals surface area (Å²) in [6, 6.07) is 0. The van der Waals surface area contributed by atoms with E-state index >= 15 is 0 Å². The van der Waals surface area contributed by atoms with E-state index in [0.29, 0.717) is 0 Å². The average Bonchev–Trinajstić information content (AvgIpc) is 3.22. The summed E-state index contributed by atoms with van der Waals surface area (Å²) in [5.41, 5.74) is 0. The molecule has 0 aromatic heterocycles. The Morgan fingerprint density at radius 1 is 0.365 bits per heavy atom. The summed E-state index contributed by atoms with van der Waals surface area (Å²) in [6.45, 7) is 40.2. The highest BCUT2D eigenvalue weighted by atomic mass is 16.4. The van der Waals surface area contributed by atoms with E-state index in [1.54, 1.807) is 48.6 Å². The van der Waals surface area contributed by atoms with Gasteiger partial charge in [0.05, 0.1) is 36.5 Å². The summed E-state index contributed by atoms with van der Waals surface area (Å²) in [4.78, 5) is 103. The molecule has 0 heterocycles. The van der Waals surface area contributed by atoms with Gasteiger partial charge in [0.1, 0.15) is 0 Å². The lowest BCUT2D eigenvalue weighted by atomic mass is 9.83. The number of aliphatic carboxylic acids is 4. The highest BCUT2D eigenvalue weighted by Gasteiger charge is 2.41. The second kappa shape index (κ2) is 36.9. The van der Waals surface area contributed by atoms with Gasteiger partial charge in [-0.1, -0.05) is 60.8 Å². The van der Waals surface area contributed by atoms with Crippen molar-refractivity contribution in [2.45, 2.75) is 25.7 Å². The number of carbonyl (C=O) groups excluding carboxylic acids is 4. The smallest absolute Gasteiger partial charge is 0.307 e. The van der Waals surface area contributed by atoms with Crippen LogP contribution in [0.15, 0.2) is 127 Å². The van der Waals surface area contributed by atoms with Crippen LogP contribution in [0.2, 0.25) is 0 Å². The molecule has 0 aromatic rings. The second-order valence-electron chi connectivity index (χ2n) is 13.3. The topological polar surface area (TPSA) is 242 Å². The van der Waals surface area contributed by atoms with E-state index in [4.69, 9.17) is 20.4 Å². The van der Waals surface area contributed by atoms with Crippen LogP contribution in [0.1, 0.15) is 25.7 Å². The third kappa shape index (κ3) is 26.2. The van der Waals surface area contributed by atoms with E-state index < -0.39 is 72.2 Å². The number of hydrogen-bond acceptors (Lipinski definition) is 9. The Balaban J connectivity index is -0.00000127. The number of carbonyl (C=O) groups is 8. The van der Waals surface area contributed by atoms with E-state index in [2.05, 4.69) is 71.1 Å². The van der Waals surface area contributed by atoms with Crippen LogP contribution in [-0.4, -0.2) is 153 Å². The van der Waals surface area contributed by atoms with Crippen LogP contribution in [-0.2, 0) is 38.4 Å². The van der Waals surface area contributed by atoms with E-state index in [-0.39, 0.29) is 77.0 Å².